The first-order chi connectivity index (χ1) is 16.6. The second-order valence-corrected chi connectivity index (χ2v) is 7.32. The first-order valence-electron chi connectivity index (χ1n) is 10.6. The average Bonchev–Trinajstić information content (AvgIpc) is 2.84. The first-order valence-corrected chi connectivity index (χ1v) is 10.6. The van der Waals surface area contributed by atoms with Gasteiger partial charge in [-0.1, -0.05) is 18.2 Å². The molecule has 8 nitrogen and oxygen atoms in total. The summed E-state index contributed by atoms with van der Waals surface area (Å²) in [6.07, 6.45) is 4.96. The van der Waals surface area contributed by atoms with Crippen LogP contribution in [0.15, 0.2) is 85.1 Å². The number of amides is 1. The number of aromatic nitrogens is 3. The van der Waals surface area contributed by atoms with Crippen molar-refractivity contribution in [3.05, 3.63) is 96.5 Å². The molecule has 34 heavy (non-hydrogen) atoms. The minimum absolute atomic E-state index is 0.215. The summed E-state index contributed by atoms with van der Waals surface area (Å²) in [7, 11) is 1.62. The predicted molar refractivity (Wildman–Crippen MR) is 135 cm³/mol. The highest BCUT2D eigenvalue weighted by Crippen LogP contribution is 2.21. The topological polar surface area (TPSA) is 101 Å². The van der Waals surface area contributed by atoms with Gasteiger partial charge < -0.3 is 20.7 Å². The summed E-state index contributed by atoms with van der Waals surface area (Å²) in [6.45, 7) is 1.83. The van der Waals surface area contributed by atoms with Crippen molar-refractivity contribution in [1.82, 2.24) is 15.0 Å². The highest BCUT2D eigenvalue weighted by atomic mass is 16.5. The maximum atomic E-state index is 12.2. The molecule has 2 aromatic carbocycles. The van der Waals surface area contributed by atoms with E-state index in [0.717, 1.165) is 17.0 Å². The van der Waals surface area contributed by atoms with Gasteiger partial charge in [0.1, 0.15) is 29.0 Å². The van der Waals surface area contributed by atoms with Gasteiger partial charge in [0.05, 0.1) is 7.11 Å². The number of anilines is 5. The second kappa shape index (κ2) is 10.7. The van der Waals surface area contributed by atoms with Gasteiger partial charge in [-0.2, -0.15) is 0 Å². The maximum Gasteiger partial charge on any atom is 0.248 e. The molecule has 2 heterocycles. The molecular weight excluding hydrogens is 428 g/mol. The Bertz CT molecular complexity index is 1270. The quantitative estimate of drug-likeness (QED) is 0.311. The third kappa shape index (κ3) is 6.39. The first kappa shape index (κ1) is 22.5. The molecule has 0 fully saturated rings. The lowest BCUT2D eigenvalue weighted by molar-refractivity contribution is -0.111. The lowest BCUT2D eigenvalue weighted by Gasteiger charge is -2.10. The number of carbonyl (C=O) groups excluding carboxylic acids is 1. The molecule has 0 unspecified atom stereocenters. The molecule has 4 aromatic rings. The Morgan fingerprint density at radius 3 is 2.24 bits per heavy atom. The van der Waals surface area contributed by atoms with Crippen LogP contribution in [-0.4, -0.2) is 28.0 Å². The van der Waals surface area contributed by atoms with Gasteiger partial charge >= 0.3 is 0 Å². The Hall–Kier alpha value is -4.72. The highest BCUT2D eigenvalue weighted by molar-refractivity contribution is 6.02. The Morgan fingerprint density at radius 2 is 1.56 bits per heavy atom. The number of ether oxygens (including phenoxy) is 1. The Morgan fingerprint density at radius 1 is 0.853 bits per heavy atom. The van der Waals surface area contributed by atoms with Gasteiger partial charge in [0.15, 0.2) is 0 Å². The van der Waals surface area contributed by atoms with Crippen LogP contribution < -0.4 is 20.7 Å². The Balaban J connectivity index is 1.36. The van der Waals surface area contributed by atoms with Crippen molar-refractivity contribution in [2.75, 3.05) is 23.1 Å². The van der Waals surface area contributed by atoms with Crippen LogP contribution in [0.4, 0.5) is 28.8 Å². The molecule has 2 aromatic heterocycles. The standard InChI is InChI=1S/C26H24N6O2/c1-18-28-24(17-25(29-18)32-23-5-3-4-16-27-23)30-20-9-11-21(12-10-20)31-26(33)15-8-19-6-13-22(34-2)14-7-19/h3-17H,1-2H3,(H,31,33)(H2,27,28,29,30,32)/b15-8+. The summed E-state index contributed by atoms with van der Waals surface area (Å²) in [5, 5.41) is 9.28. The summed E-state index contributed by atoms with van der Waals surface area (Å²) in [6, 6.07) is 22.3. The molecule has 8 heteroatoms. The molecule has 0 aliphatic rings. The number of aryl methyl sites for hydroxylation is 1. The maximum absolute atomic E-state index is 12.2. The molecule has 0 spiro atoms. The molecule has 0 saturated heterocycles. The molecule has 3 N–H and O–H groups in total. The molecule has 0 atom stereocenters. The van der Waals surface area contributed by atoms with E-state index in [4.69, 9.17) is 4.74 Å². The fourth-order valence-corrected chi connectivity index (χ4v) is 3.12. The largest absolute Gasteiger partial charge is 0.497 e. The van der Waals surface area contributed by atoms with E-state index in [1.54, 1.807) is 25.4 Å². The summed E-state index contributed by atoms with van der Waals surface area (Å²) in [5.41, 5.74) is 2.42. The summed E-state index contributed by atoms with van der Waals surface area (Å²) >= 11 is 0. The fraction of sp³-hybridized carbons (Fsp3) is 0.0769. The number of rotatable bonds is 8. The van der Waals surface area contributed by atoms with Crippen LogP contribution in [0.5, 0.6) is 5.75 Å². The van der Waals surface area contributed by atoms with Crippen molar-refractivity contribution < 1.29 is 9.53 Å². The Kier molecular flexibility index (Phi) is 7.09. The summed E-state index contributed by atoms with van der Waals surface area (Å²) < 4.78 is 5.14. The Labute approximate surface area is 197 Å². The van der Waals surface area contributed by atoms with Gasteiger partial charge in [0, 0.05) is 29.7 Å². The van der Waals surface area contributed by atoms with E-state index < -0.39 is 0 Å². The minimum Gasteiger partial charge on any atom is -0.497 e. The zero-order valence-electron chi connectivity index (χ0n) is 18.8. The number of nitrogens with zero attached hydrogens (tertiary/aromatic N) is 3. The minimum atomic E-state index is -0.215. The zero-order chi connectivity index (χ0) is 23.8. The van der Waals surface area contributed by atoms with Crippen molar-refractivity contribution >= 4 is 40.8 Å². The molecule has 0 bridgehead atoms. The number of methoxy groups -OCH3 is 1. The van der Waals surface area contributed by atoms with E-state index in [9.17, 15) is 4.79 Å². The van der Waals surface area contributed by atoms with Crippen LogP contribution in [0, 0.1) is 6.92 Å². The number of carbonyl (C=O) groups is 1. The van der Waals surface area contributed by atoms with Gasteiger partial charge in [-0.15, -0.1) is 0 Å². The number of nitrogens with one attached hydrogen (secondary N) is 3. The molecule has 1 amide bonds. The van der Waals surface area contributed by atoms with E-state index in [2.05, 4.69) is 30.9 Å². The lowest BCUT2D eigenvalue weighted by atomic mass is 10.2. The molecule has 0 aliphatic heterocycles. The lowest BCUT2D eigenvalue weighted by Crippen LogP contribution is -2.07. The van der Waals surface area contributed by atoms with Crippen LogP contribution in [0.2, 0.25) is 0 Å². The van der Waals surface area contributed by atoms with E-state index in [-0.39, 0.29) is 5.91 Å². The third-order valence-corrected chi connectivity index (χ3v) is 4.73. The highest BCUT2D eigenvalue weighted by Gasteiger charge is 2.05. The van der Waals surface area contributed by atoms with E-state index >= 15 is 0 Å². The van der Waals surface area contributed by atoms with E-state index in [1.807, 2.05) is 73.7 Å². The van der Waals surface area contributed by atoms with E-state index in [1.165, 1.54) is 6.08 Å². The average molecular weight is 453 g/mol. The smallest absolute Gasteiger partial charge is 0.248 e. The molecular formula is C26H24N6O2. The van der Waals surface area contributed by atoms with Gasteiger partial charge in [-0.25, -0.2) is 15.0 Å². The summed E-state index contributed by atoms with van der Waals surface area (Å²) in [5.74, 6) is 3.16. The molecule has 0 saturated carbocycles. The number of hydrogen-bond donors (Lipinski definition) is 3. The van der Waals surface area contributed by atoms with Crippen molar-refractivity contribution in [3.63, 3.8) is 0 Å². The zero-order valence-corrected chi connectivity index (χ0v) is 18.8. The fourth-order valence-electron chi connectivity index (χ4n) is 3.12. The third-order valence-electron chi connectivity index (χ3n) is 4.73. The van der Waals surface area contributed by atoms with Crippen LogP contribution in [0.1, 0.15) is 11.4 Å². The molecule has 0 radical (unpaired) electrons. The van der Waals surface area contributed by atoms with Crippen molar-refractivity contribution in [2.24, 2.45) is 0 Å². The van der Waals surface area contributed by atoms with E-state index in [0.29, 0.717) is 29.0 Å². The van der Waals surface area contributed by atoms with Crippen LogP contribution in [0.25, 0.3) is 6.08 Å². The van der Waals surface area contributed by atoms with Crippen LogP contribution in [0.3, 0.4) is 0 Å². The van der Waals surface area contributed by atoms with Gasteiger partial charge in [0.25, 0.3) is 0 Å². The van der Waals surface area contributed by atoms with Crippen molar-refractivity contribution in [3.8, 4) is 5.75 Å². The van der Waals surface area contributed by atoms with Crippen LogP contribution >= 0.6 is 0 Å². The normalized spacial score (nSPS) is 10.6. The molecule has 4 rings (SSSR count). The molecule has 170 valence electrons. The van der Waals surface area contributed by atoms with Gasteiger partial charge in [0.2, 0.25) is 5.91 Å². The van der Waals surface area contributed by atoms with Crippen LogP contribution in [-0.2, 0) is 4.79 Å². The monoisotopic (exact) mass is 452 g/mol. The number of benzene rings is 2. The summed E-state index contributed by atoms with van der Waals surface area (Å²) in [4.78, 5) is 25.3. The van der Waals surface area contributed by atoms with Crippen molar-refractivity contribution in [2.45, 2.75) is 6.92 Å². The molecule has 0 aliphatic carbocycles. The number of hydrogen-bond acceptors (Lipinski definition) is 7. The van der Waals surface area contributed by atoms with Crippen molar-refractivity contribution in [1.29, 1.82) is 0 Å². The van der Waals surface area contributed by atoms with Gasteiger partial charge in [-0.3, -0.25) is 4.79 Å². The predicted octanol–water partition coefficient (Wildman–Crippen LogP) is 5.33. The number of pyridine rings is 1. The second-order valence-electron chi connectivity index (χ2n) is 7.32. The SMILES string of the molecule is COc1ccc(/C=C/C(=O)Nc2ccc(Nc3cc(Nc4ccccn4)nc(C)n3)cc2)cc1. The van der Waals surface area contributed by atoms with Gasteiger partial charge in [-0.05, 0) is 67.1 Å².